The number of furan rings is 1. The van der Waals surface area contributed by atoms with E-state index in [0.29, 0.717) is 17.9 Å². The van der Waals surface area contributed by atoms with Gasteiger partial charge in [0.15, 0.2) is 5.16 Å². The second kappa shape index (κ2) is 8.28. The van der Waals surface area contributed by atoms with Gasteiger partial charge < -0.3 is 9.32 Å². The van der Waals surface area contributed by atoms with Gasteiger partial charge in [0, 0.05) is 6.54 Å². The summed E-state index contributed by atoms with van der Waals surface area (Å²) in [6.07, 6.45) is -2.52. The summed E-state index contributed by atoms with van der Waals surface area (Å²) in [5.74, 6) is -0.743. The van der Waals surface area contributed by atoms with Gasteiger partial charge in [0.2, 0.25) is 5.91 Å². The van der Waals surface area contributed by atoms with E-state index >= 15 is 0 Å². The van der Waals surface area contributed by atoms with E-state index in [0.717, 1.165) is 11.8 Å². The summed E-state index contributed by atoms with van der Waals surface area (Å²) in [6, 6.07) is 3.03. The molecule has 0 bridgehead atoms. The molecule has 0 aliphatic carbocycles. The highest BCUT2D eigenvalue weighted by Crippen LogP contribution is 2.21. The Hall–Kier alpha value is -2.17. The second-order valence-electron chi connectivity index (χ2n) is 5.20. The molecule has 0 saturated heterocycles. The largest absolute Gasteiger partial charge is 0.467 e. The summed E-state index contributed by atoms with van der Waals surface area (Å²) in [7, 11) is 0. The van der Waals surface area contributed by atoms with Crippen LogP contribution >= 0.6 is 11.8 Å². The Morgan fingerprint density at radius 3 is 2.84 bits per heavy atom. The number of H-pyrrole nitrogens is 1. The summed E-state index contributed by atoms with van der Waals surface area (Å²) in [6.45, 7) is 0.613. The fourth-order valence-electron chi connectivity index (χ4n) is 2.09. The van der Waals surface area contributed by atoms with Crippen molar-refractivity contribution >= 4 is 17.7 Å². The number of amides is 1. The van der Waals surface area contributed by atoms with Gasteiger partial charge in [-0.3, -0.25) is 9.36 Å². The molecule has 0 radical (unpaired) electrons. The molecule has 1 amide bonds. The van der Waals surface area contributed by atoms with Crippen molar-refractivity contribution in [1.82, 2.24) is 19.7 Å². The number of carbonyl (C=O) groups excluding carboxylic acids is 1. The molecule has 138 valence electrons. The van der Waals surface area contributed by atoms with E-state index in [1.54, 1.807) is 0 Å². The predicted molar refractivity (Wildman–Crippen MR) is 84.0 cm³/mol. The quantitative estimate of drug-likeness (QED) is 0.713. The number of nitrogens with one attached hydrogen (secondary N) is 1. The summed E-state index contributed by atoms with van der Waals surface area (Å²) in [5, 5.41) is 6.33. The van der Waals surface area contributed by atoms with Crippen molar-refractivity contribution in [2.24, 2.45) is 0 Å². The lowest BCUT2D eigenvalue weighted by Crippen LogP contribution is -2.39. The minimum absolute atomic E-state index is 0.255. The normalized spacial score (nSPS) is 11.7. The van der Waals surface area contributed by atoms with Crippen molar-refractivity contribution < 1.29 is 22.4 Å². The summed E-state index contributed by atoms with van der Waals surface area (Å²) < 4.78 is 44.6. The lowest BCUT2D eigenvalue weighted by atomic mass is 10.3. The zero-order valence-electron chi connectivity index (χ0n) is 13.4. The monoisotopic (exact) mass is 378 g/mol. The zero-order chi connectivity index (χ0) is 18.4. The Kier molecular flexibility index (Phi) is 6.34. The molecule has 2 aromatic heterocycles. The van der Waals surface area contributed by atoms with Crippen LogP contribution in [-0.2, 0) is 17.9 Å². The third kappa shape index (κ3) is 5.69. The van der Waals surface area contributed by atoms with Gasteiger partial charge in [-0.25, -0.2) is 9.89 Å². The molecule has 2 rings (SSSR count). The first-order valence-corrected chi connectivity index (χ1v) is 8.43. The number of hydrogen-bond donors (Lipinski definition) is 1. The van der Waals surface area contributed by atoms with Gasteiger partial charge in [0.25, 0.3) is 0 Å². The van der Waals surface area contributed by atoms with Gasteiger partial charge in [0.1, 0.15) is 12.3 Å². The summed E-state index contributed by atoms with van der Waals surface area (Å²) in [5.41, 5.74) is -0.417. The summed E-state index contributed by atoms with van der Waals surface area (Å²) >= 11 is 0.914. The molecule has 0 aliphatic rings. The molecule has 2 aromatic rings. The third-order valence-electron chi connectivity index (χ3n) is 3.14. The first kappa shape index (κ1) is 19.2. The molecule has 7 nitrogen and oxygen atoms in total. The molecular weight excluding hydrogens is 361 g/mol. The van der Waals surface area contributed by atoms with Crippen molar-refractivity contribution in [1.29, 1.82) is 0 Å². The van der Waals surface area contributed by atoms with E-state index in [1.165, 1.54) is 23.0 Å². The van der Waals surface area contributed by atoms with Crippen LogP contribution in [0.25, 0.3) is 0 Å². The zero-order valence-corrected chi connectivity index (χ0v) is 14.2. The van der Waals surface area contributed by atoms with Gasteiger partial charge in [0.05, 0.1) is 18.6 Å². The van der Waals surface area contributed by atoms with Crippen LogP contribution in [0.1, 0.15) is 19.1 Å². The fraction of sp³-hybridized carbons (Fsp3) is 0.500. The summed E-state index contributed by atoms with van der Waals surface area (Å²) in [4.78, 5) is 24.5. The Morgan fingerprint density at radius 1 is 1.48 bits per heavy atom. The lowest BCUT2D eigenvalue weighted by Gasteiger charge is -2.22. The standard InChI is InChI=1S/C14H17F3N4O3S/c1-2-5-21-12(23)18-19-13(21)25-8-11(22)20(9-14(15,16)17)7-10-4-3-6-24-10/h3-4,6H,2,5,7-9H2,1H3,(H,18,23). The molecule has 0 spiro atoms. The Bertz CT molecular complexity index is 739. The maximum Gasteiger partial charge on any atom is 0.406 e. The molecule has 0 atom stereocenters. The Balaban J connectivity index is 2.05. The first-order chi connectivity index (χ1) is 11.8. The van der Waals surface area contributed by atoms with Gasteiger partial charge in [-0.05, 0) is 18.6 Å². The van der Waals surface area contributed by atoms with Crippen molar-refractivity contribution in [3.05, 3.63) is 34.6 Å². The predicted octanol–water partition coefficient (Wildman–Crippen LogP) is 2.26. The van der Waals surface area contributed by atoms with Crippen molar-refractivity contribution in [3.63, 3.8) is 0 Å². The van der Waals surface area contributed by atoms with Crippen LogP contribution in [-0.4, -0.2) is 44.0 Å². The molecule has 0 unspecified atom stereocenters. The van der Waals surface area contributed by atoms with Crippen LogP contribution in [0.5, 0.6) is 0 Å². The van der Waals surface area contributed by atoms with Gasteiger partial charge in [-0.1, -0.05) is 18.7 Å². The number of aromatic nitrogens is 3. The van der Waals surface area contributed by atoms with Crippen LogP contribution in [0.2, 0.25) is 0 Å². The van der Waals surface area contributed by atoms with Crippen LogP contribution in [0.4, 0.5) is 13.2 Å². The molecular formula is C14H17F3N4O3S. The highest BCUT2D eigenvalue weighted by Gasteiger charge is 2.33. The number of hydrogen-bond acceptors (Lipinski definition) is 5. The van der Waals surface area contributed by atoms with Crippen LogP contribution in [0.15, 0.2) is 32.8 Å². The minimum Gasteiger partial charge on any atom is -0.467 e. The molecule has 0 saturated carbocycles. The molecule has 2 heterocycles. The van der Waals surface area contributed by atoms with Crippen molar-refractivity contribution in [2.75, 3.05) is 12.3 Å². The second-order valence-corrected chi connectivity index (χ2v) is 6.14. The SMILES string of the molecule is CCCn1c(SCC(=O)N(Cc2ccco2)CC(F)(F)F)n[nH]c1=O. The first-order valence-electron chi connectivity index (χ1n) is 7.45. The van der Waals surface area contributed by atoms with E-state index in [9.17, 15) is 22.8 Å². The van der Waals surface area contributed by atoms with E-state index in [2.05, 4.69) is 10.2 Å². The van der Waals surface area contributed by atoms with Crippen molar-refractivity contribution in [2.45, 2.75) is 37.8 Å². The Labute approximate surface area is 145 Å². The van der Waals surface area contributed by atoms with E-state index < -0.39 is 24.3 Å². The number of nitrogens with zero attached hydrogens (tertiary/aromatic N) is 3. The van der Waals surface area contributed by atoms with E-state index in [-0.39, 0.29) is 23.2 Å². The molecule has 25 heavy (non-hydrogen) atoms. The van der Waals surface area contributed by atoms with Gasteiger partial charge in [-0.2, -0.15) is 13.2 Å². The van der Waals surface area contributed by atoms with Gasteiger partial charge in [-0.15, -0.1) is 5.10 Å². The van der Waals surface area contributed by atoms with Crippen LogP contribution in [0.3, 0.4) is 0 Å². The molecule has 0 fully saturated rings. The number of thioether (sulfide) groups is 1. The third-order valence-corrected chi connectivity index (χ3v) is 4.11. The highest BCUT2D eigenvalue weighted by molar-refractivity contribution is 7.99. The highest BCUT2D eigenvalue weighted by atomic mass is 32.2. The van der Waals surface area contributed by atoms with Gasteiger partial charge >= 0.3 is 11.9 Å². The fourth-order valence-corrected chi connectivity index (χ4v) is 2.97. The number of halogens is 3. The molecule has 0 aromatic carbocycles. The van der Waals surface area contributed by atoms with E-state index in [1.807, 2.05) is 6.92 Å². The average molecular weight is 378 g/mol. The van der Waals surface area contributed by atoms with Crippen molar-refractivity contribution in [3.8, 4) is 0 Å². The molecule has 1 N–H and O–H groups in total. The number of aromatic amines is 1. The topological polar surface area (TPSA) is 84.1 Å². The molecule has 11 heteroatoms. The lowest BCUT2D eigenvalue weighted by molar-refractivity contribution is -0.161. The molecule has 0 aliphatic heterocycles. The van der Waals surface area contributed by atoms with Crippen LogP contribution < -0.4 is 5.69 Å². The average Bonchev–Trinajstić information content (AvgIpc) is 3.15. The van der Waals surface area contributed by atoms with E-state index in [4.69, 9.17) is 4.42 Å². The Morgan fingerprint density at radius 2 is 2.24 bits per heavy atom. The van der Waals surface area contributed by atoms with Crippen LogP contribution in [0, 0.1) is 0 Å². The number of alkyl halides is 3. The number of carbonyl (C=O) groups is 1. The smallest absolute Gasteiger partial charge is 0.406 e. The maximum atomic E-state index is 12.7. The maximum absolute atomic E-state index is 12.7. The minimum atomic E-state index is -4.52. The number of rotatable bonds is 8.